The predicted octanol–water partition coefficient (Wildman–Crippen LogP) is 9.01. The predicted molar refractivity (Wildman–Crippen MR) is 168 cm³/mol. The maximum atomic E-state index is 13.7. The van der Waals surface area contributed by atoms with Crippen LogP contribution in [-0.2, 0) is 19.4 Å². The van der Waals surface area contributed by atoms with Crippen LogP contribution in [-0.4, -0.2) is 12.1 Å². The van der Waals surface area contributed by atoms with E-state index in [1.165, 1.54) is 4.88 Å². The number of amides is 1. The quantitative estimate of drug-likeness (QED) is 0.221. The summed E-state index contributed by atoms with van der Waals surface area (Å²) in [5, 5.41) is 13.8. The highest BCUT2D eigenvalue weighted by atomic mass is 35.5. The lowest BCUT2D eigenvalue weighted by Gasteiger charge is -2.33. The van der Waals surface area contributed by atoms with Crippen molar-refractivity contribution < 1.29 is 9.53 Å². The van der Waals surface area contributed by atoms with Gasteiger partial charge >= 0.3 is 0 Å². The monoisotopic (exact) mass is 581 g/mol. The molecule has 1 N–H and O–H groups in total. The van der Waals surface area contributed by atoms with Crippen LogP contribution in [0.3, 0.4) is 0 Å². The Balaban J connectivity index is 1.45. The lowest BCUT2D eigenvalue weighted by atomic mass is 9.72. The summed E-state index contributed by atoms with van der Waals surface area (Å²) in [5.41, 5.74) is 4.84. The molecule has 4 aromatic rings. The number of fused-ring (bicyclic) bond motifs is 1. The molecule has 0 saturated heterocycles. The summed E-state index contributed by atoms with van der Waals surface area (Å²) in [6, 6.07) is 24.4. The summed E-state index contributed by atoms with van der Waals surface area (Å²) in [6.07, 6.45) is 4.60. The zero-order valence-electron chi connectivity index (χ0n) is 23.4. The van der Waals surface area contributed by atoms with E-state index in [1.807, 2.05) is 42.5 Å². The number of thiophene rings is 1. The van der Waals surface area contributed by atoms with Crippen molar-refractivity contribution in [2.24, 2.45) is 16.3 Å². The van der Waals surface area contributed by atoms with Crippen LogP contribution in [0.25, 0.3) is 0 Å². The molecule has 0 saturated carbocycles. The lowest BCUT2D eigenvalue weighted by molar-refractivity contribution is 0.102. The maximum absolute atomic E-state index is 13.7. The molecule has 41 heavy (non-hydrogen) atoms. The van der Waals surface area contributed by atoms with Crippen molar-refractivity contribution in [3.63, 3.8) is 0 Å². The van der Waals surface area contributed by atoms with Crippen LogP contribution < -0.4 is 10.1 Å². The van der Waals surface area contributed by atoms with Crippen molar-refractivity contribution in [3.8, 4) is 11.8 Å². The molecule has 0 unspecified atom stereocenters. The number of ether oxygens (including phenoxy) is 1. The number of para-hydroxylation sites is 1. The Labute approximate surface area is 250 Å². The van der Waals surface area contributed by atoms with Crippen LogP contribution in [0.5, 0.6) is 5.75 Å². The van der Waals surface area contributed by atoms with Gasteiger partial charge in [0.15, 0.2) is 0 Å². The fourth-order valence-corrected chi connectivity index (χ4v) is 6.51. The number of halogens is 1. The van der Waals surface area contributed by atoms with Crippen molar-refractivity contribution in [2.75, 3.05) is 5.32 Å². The highest BCUT2D eigenvalue weighted by Gasteiger charge is 2.33. The second-order valence-electron chi connectivity index (χ2n) is 11.3. The van der Waals surface area contributed by atoms with Crippen LogP contribution in [0.2, 0.25) is 5.02 Å². The molecule has 5 nitrogen and oxygen atoms in total. The molecule has 0 fully saturated rings. The van der Waals surface area contributed by atoms with Gasteiger partial charge in [0.05, 0.1) is 17.2 Å². The van der Waals surface area contributed by atoms with E-state index >= 15 is 0 Å². The number of nitriles is 1. The highest BCUT2D eigenvalue weighted by Crippen LogP contribution is 2.45. The number of hydrogen-bond donors (Lipinski definition) is 1. The van der Waals surface area contributed by atoms with E-state index in [9.17, 15) is 10.1 Å². The first kappa shape index (κ1) is 28.6. The molecule has 7 heteroatoms. The third-order valence-electron chi connectivity index (χ3n) is 7.56. The molecule has 1 aromatic heterocycles. The van der Waals surface area contributed by atoms with Gasteiger partial charge in [0.2, 0.25) is 0 Å². The first-order valence-corrected chi connectivity index (χ1v) is 14.9. The van der Waals surface area contributed by atoms with Crippen LogP contribution in [0, 0.1) is 22.7 Å². The van der Waals surface area contributed by atoms with Crippen molar-refractivity contribution >= 4 is 45.7 Å². The summed E-state index contributed by atoms with van der Waals surface area (Å²) in [7, 11) is 0. The summed E-state index contributed by atoms with van der Waals surface area (Å²) in [4.78, 5) is 19.8. The van der Waals surface area contributed by atoms with Crippen LogP contribution in [0.4, 0.5) is 10.7 Å². The van der Waals surface area contributed by atoms with Crippen molar-refractivity contribution in [3.05, 3.63) is 111 Å². The van der Waals surface area contributed by atoms with Crippen molar-refractivity contribution in [2.45, 2.75) is 46.6 Å². The zero-order valence-corrected chi connectivity index (χ0v) is 25.0. The molecule has 1 atom stereocenters. The van der Waals surface area contributed by atoms with Crippen molar-refractivity contribution in [1.82, 2.24) is 0 Å². The number of carbonyl (C=O) groups excluding carboxylic acids is 1. The minimum atomic E-state index is -0.163. The normalized spacial score (nSPS) is 14.9. The number of rotatable bonds is 7. The first-order valence-electron chi connectivity index (χ1n) is 13.7. The Morgan fingerprint density at radius 2 is 1.85 bits per heavy atom. The summed E-state index contributed by atoms with van der Waals surface area (Å²) >= 11 is 7.65. The fraction of sp³-hybridized carbons (Fsp3) is 0.265. The molecule has 208 valence electrons. The third kappa shape index (κ3) is 6.70. The van der Waals surface area contributed by atoms with E-state index in [1.54, 1.807) is 47.9 Å². The average Bonchev–Trinajstić information content (AvgIpc) is 3.34. The van der Waals surface area contributed by atoms with Gasteiger partial charge in [0.25, 0.3) is 5.91 Å². The lowest BCUT2D eigenvalue weighted by Crippen LogP contribution is -2.27. The van der Waals surface area contributed by atoms with Gasteiger partial charge in [-0.15, -0.1) is 11.3 Å². The molecule has 0 radical (unpaired) electrons. The number of anilines is 1. The van der Waals surface area contributed by atoms with Gasteiger partial charge in [0, 0.05) is 32.9 Å². The molecule has 5 rings (SSSR count). The molecule has 0 spiro atoms. The summed E-state index contributed by atoms with van der Waals surface area (Å²) in [6.45, 7) is 7.13. The van der Waals surface area contributed by atoms with E-state index in [4.69, 9.17) is 21.3 Å². The number of carbonyl (C=O) groups is 1. The molecule has 1 heterocycles. The van der Waals surface area contributed by atoms with Gasteiger partial charge in [0.1, 0.15) is 17.4 Å². The number of nitrogens with one attached hydrogen (secondary N) is 1. The van der Waals surface area contributed by atoms with E-state index in [0.29, 0.717) is 38.5 Å². The largest absolute Gasteiger partial charge is 0.488 e. The number of nitrogens with zero attached hydrogens (tertiary/aromatic N) is 2. The van der Waals surface area contributed by atoms with Gasteiger partial charge in [-0.3, -0.25) is 4.79 Å². The second-order valence-corrected chi connectivity index (χ2v) is 12.8. The minimum absolute atomic E-state index is 0.163. The smallest absolute Gasteiger partial charge is 0.259 e. The van der Waals surface area contributed by atoms with Gasteiger partial charge in [-0.25, -0.2) is 4.99 Å². The molecular weight excluding hydrogens is 550 g/mol. The van der Waals surface area contributed by atoms with Gasteiger partial charge in [-0.2, -0.15) is 5.26 Å². The van der Waals surface area contributed by atoms with Gasteiger partial charge in [-0.05, 0) is 78.6 Å². The molecule has 0 bridgehead atoms. The molecule has 0 aliphatic heterocycles. The van der Waals surface area contributed by atoms with Crippen LogP contribution in [0.1, 0.15) is 64.7 Å². The second kappa shape index (κ2) is 12.3. The average molecular weight is 582 g/mol. The minimum Gasteiger partial charge on any atom is -0.488 e. The zero-order chi connectivity index (χ0) is 29.0. The fourth-order valence-electron chi connectivity index (χ4n) is 5.12. The molecule has 1 aliphatic carbocycles. The molecular formula is C34H32ClN3O2S. The molecule has 3 aromatic carbocycles. The Bertz CT molecular complexity index is 1630. The van der Waals surface area contributed by atoms with Gasteiger partial charge < -0.3 is 10.1 Å². The van der Waals surface area contributed by atoms with Gasteiger partial charge in [-0.1, -0.05) is 62.7 Å². The van der Waals surface area contributed by atoms with Crippen molar-refractivity contribution in [1.29, 1.82) is 5.26 Å². The first-order chi connectivity index (χ1) is 19.7. The summed E-state index contributed by atoms with van der Waals surface area (Å²) in [5.74, 6) is 1.04. The van der Waals surface area contributed by atoms with E-state index < -0.39 is 0 Å². The Hall–Kier alpha value is -3.92. The molecule has 1 aliphatic rings. The Kier molecular flexibility index (Phi) is 8.58. The van der Waals surface area contributed by atoms with Crippen LogP contribution >= 0.6 is 22.9 Å². The van der Waals surface area contributed by atoms with Crippen LogP contribution in [0.15, 0.2) is 77.8 Å². The molecule has 1 amide bonds. The Morgan fingerprint density at radius 3 is 2.61 bits per heavy atom. The van der Waals surface area contributed by atoms with E-state index in [0.717, 1.165) is 36.0 Å². The standard InChI is InChI=1S/C34H32ClN3O2S/c1-34(2,3)25-12-17-28-30(18-25)41-33(31(28)32(39)38-27-15-13-26(35)14-16-27)37-20-23-9-6-7-11-29(23)40-21-24-10-5-4-8-22(24)19-36/h4-11,13-16,20,25H,12,17-18,21H2,1-3H3,(H,38,39)/t25-/m1/s1. The van der Waals surface area contributed by atoms with E-state index in [2.05, 4.69) is 32.2 Å². The Morgan fingerprint density at radius 1 is 1.12 bits per heavy atom. The third-order valence-corrected chi connectivity index (χ3v) is 8.98. The van der Waals surface area contributed by atoms with E-state index in [-0.39, 0.29) is 17.9 Å². The SMILES string of the molecule is CC(C)(C)[C@@H]1CCc2c(sc(N=Cc3ccccc3OCc3ccccc3C#N)c2C(=O)Nc2ccc(Cl)cc2)C1. The number of benzene rings is 3. The maximum Gasteiger partial charge on any atom is 0.259 e. The topological polar surface area (TPSA) is 74.5 Å². The number of aliphatic imine (C=N–C) groups is 1. The highest BCUT2D eigenvalue weighted by molar-refractivity contribution is 7.16. The number of hydrogen-bond acceptors (Lipinski definition) is 5. The summed E-state index contributed by atoms with van der Waals surface area (Å²) < 4.78 is 6.12.